The van der Waals surface area contributed by atoms with E-state index in [0.717, 1.165) is 60.4 Å². The summed E-state index contributed by atoms with van der Waals surface area (Å²) in [5, 5.41) is 7.87. The van der Waals surface area contributed by atoms with Gasteiger partial charge in [-0.1, -0.05) is 31.2 Å². The van der Waals surface area contributed by atoms with E-state index in [1.54, 1.807) is 6.07 Å². The maximum Gasteiger partial charge on any atom is 0.319 e. The minimum absolute atomic E-state index is 0.100. The van der Waals surface area contributed by atoms with E-state index >= 15 is 4.39 Å². The summed E-state index contributed by atoms with van der Waals surface area (Å²) in [6.45, 7) is 9.40. The normalized spacial score (nSPS) is 23.3. The Morgan fingerprint density at radius 1 is 1.12 bits per heavy atom. The molecule has 4 fully saturated rings. The summed E-state index contributed by atoms with van der Waals surface area (Å²) in [6.07, 6.45) is 14.1. The first-order valence-corrected chi connectivity index (χ1v) is 15.9. The van der Waals surface area contributed by atoms with Crippen LogP contribution in [0.3, 0.4) is 0 Å². The Balaban J connectivity index is 1.38. The van der Waals surface area contributed by atoms with Gasteiger partial charge in [-0.2, -0.15) is 9.97 Å². The first kappa shape index (κ1) is 27.5. The van der Waals surface area contributed by atoms with Crippen molar-refractivity contribution in [1.82, 2.24) is 25.2 Å². The molecule has 222 valence electrons. The number of anilines is 2. The Labute approximate surface area is 247 Å². The fourth-order valence-corrected chi connectivity index (χ4v) is 7.69. The van der Waals surface area contributed by atoms with Crippen LogP contribution in [-0.4, -0.2) is 76.8 Å². The van der Waals surface area contributed by atoms with Gasteiger partial charge in [0.25, 0.3) is 0 Å². The molecule has 2 bridgehead atoms. The third-order valence-corrected chi connectivity index (χ3v) is 9.68. The van der Waals surface area contributed by atoms with Gasteiger partial charge >= 0.3 is 6.01 Å². The third-order valence-electron chi connectivity index (χ3n) is 9.68. The second-order valence-electron chi connectivity index (χ2n) is 12.4. The lowest BCUT2D eigenvalue weighted by Crippen LogP contribution is -2.51. The average molecular weight is 572 g/mol. The molecule has 9 heteroatoms. The number of piperazine rings is 1. The molecule has 2 N–H and O–H groups in total. The number of aromatic nitrogens is 3. The minimum atomic E-state index is -0.290. The summed E-state index contributed by atoms with van der Waals surface area (Å²) >= 11 is 0. The van der Waals surface area contributed by atoms with Crippen LogP contribution >= 0.6 is 0 Å². The highest BCUT2D eigenvalue weighted by Gasteiger charge is 2.45. The van der Waals surface area contributed by atoms with Crippen LogP contribution in [0.25, 0.3) is 28.2 Å². The molecule has 2 unspecified atom stereocenters. The smallest absolute Gasteiger partial charge is 0.319 e. The van der Waals surface area contributed by atoms with Crippen molar-refractivity contribution in [3.63, 3.8) is 0 Å². The number of rotatable bonds is 9. The highest BCUT2D eigenvalue weighted by atomic mass is 19.1. The van der Waals surface area contributed by atoms with E-state index in [2.05, 4.69) is 39.5 Å². The predicted octanol–water partition coefficient (Wildman–Crippen LogP) is 5.63. The highest BCUT2D eigenvalue weighted by molar-refractivity contribution is 5.99. The van der Waals surface area contributed by atoms with Crippen molar-refractivity contribution >= 4 is 28.5 Å². The van der Waals surface area contributed by atoms with Crippen LogP contribution in [0.15, 0.2) is 30.5 Å². The van der Waals surface area contributed by atoms with Crippen molar-refractivity contribution in [2.75, 3.05) is 49.5 Å². The van der Waals surface area contributed by atoms with Crippen LogP contribution in [0.1, 0.15) is 64.4 Å². The van der Waals surface area contributed by atoms with Gasteiger partial charge in [0, 0.05) is 49.0 Å². The van der Waals surface area contributed by atoms with E-state index in [0.29, 0.717) is 42.6 Å². The summed E-state index contributed by atoms with van der Waals surface area (Å²) in [5.41, 5.74) is 3.66. The number of halogens is 1. The number of pyridine rings is 1. The van der Waals surface area contributed by atoms with Crippen molar-refractivity contribution in [3.05, 3.63) is 41.9 Å². The fourth-order valence-electron chi connectivity index (χ4n) is 7.69. The van der Waals surface area contributed by atoms with E-state index in [4.69, 9.17) is 19.7 Å². The number of fused-ring (bicyclic) bond motifs is 4. The lowest BCUT2D eigenvalue weighted by Gasteiger charge is -2.34. The molecule has 0 amide bonds. The number of hydrogen-bond donors (Lipinski definition) is 2. The second-order valence-corrected chi connectivity index (χ2v) is 12.4. The third kappa shape index (κ3) is 4.90. The fraction of sp³-hybridized carbons (Fsp3) is 0.545. The zero-order valence-electron chi connectivity index (χ0n) is 24.8. The Morgan fingerprint density at radius 3 is 2.64 bits per heavy atom. The molecule has 2 aromatic heterocycles. The van der Waals surface area contributed by atoms with Crippen LogP contribution in [0.5, 0.6) is 6.01 Å². The number of benzene rings is 1. The van der Waals surface area contributed by atoms with E-state index < -0.39 is 0 Å². The van der Waals surface area contributed by atoms with Gasteiger partial charge in [0.05, 0.1) is 27.8 Å². The number of nitrogens with zero attached hydrogens (tertiary/aromatic N) is 5. The van der Waals surface area contributed by atoms with Crippen molar-refractivity contribution < 1.29 is 9.13 Å². The van der Waals surface area contributed by atoms with Crippen LogP contribution in [0, 0.1) is 5.82 Å². The molecular weight excluding hydrogens is 529 g/mol. The summed E-state index contributed by atoms with van der Waals surface area (Å²) < 4.78 is 21.6. The van der Waals surface area contributed by atoms with Crippen molar-refractivity contribution in [2.45, 2.75) is 76.4 Å². The monoisotopic (exact) mass is 571 g/mol. The van der Waals surface area contributed by atoms with Gasteiger partial charge in [0.2, 0.25) is 0 Å². The summed E-state index contributed by atoms with van der Waals surface area (Å²) in [4.78, 5) is 20.2. The van der Waals surface area contributed by atoms with Crippen LogP contribution < -0.4 is 20.3 Å². The van der Waals surface area contributed by atoms with Gasteiger partial charge in [-0.25, -0.2) is 4.39 Å². The molecule has 2 atom stereocenters. The van der Waals surface area contributed by atoms with Gasteiger partial charge < -0.3 is 20.3 Å². The number of ether oxygens (including phenoxy) is 1. The molecule has 0 spiro atoms. The van der Waals surface area contributed by atoms with Gasteiger partial charge in [-0.15, -0.1) is 0 Å². The Morgan fingerprint density at radius 2 is 1.90 bits per heavy atom. The lowest BCUT2D eigenvalue weighted by molar-refractivity contribution is 0.108. The molecule has 1 aromatic carbocycles. The highest BCUT2D eigenvalue weighted by Crippen LogP contribution is 2.41. The van der Waals surface area contributed by atoms with E-state index in [1.807, 2.05) is 19.2 Å². The van der Waals surface area contributed by atoms with Crippen LogP contribution in [0.4, 0.5) is 15.9 Å². The first-order valence-electron chi connectivity index (χ1n) is 15.9. The van der Waals surface area contributed by atoms with E-state index in [1.165, 1.54) is 44.6 Å². The van der Waals surface area contributed by atoms with Gasteiger partial charge in [-0.3, -0.25) is 9.88 Å². The molecule has 4 aliphatic rings. The first-order chi connectivity index (χ1) is 20.6. The number of nitrogens with one attached hydrogen (secondary N) is 2. The standard InChI is InChI=1S/C33H42FN7O/c1-3-5-9-24-28(25-10-6-11-27(34)30(25)35-4-2)36-18-26-29(24)38-32(42-21-33-14-7-16-41(33)17-8-15-33)39-31(26)40-19-22-12-13-23(20-40)37-22/h5-6,9-11,18,22-23,35,37H,3-4,7-8,12-17,19-21H2,1-2H3/b9-5+. The van der Waals surface area contributed by atoms with Gasteiger partial charge in [0.1, 0.15) is 18.2 Å². The SMILES string of the molecule is CC/C=C/c1c(-c2cccc(F)c2NCC)ncc2c(N3CC4CCC(C3)N4)nc(OCC34CCCN3CCC4)nc12. The number of allylic oxidation sites excluding steroid dienone is 1. The minimum Gasteiger partial charge on any atom is -0.461 e. The predicted molar refractivity (Wildman–Crippen MR) is 167 cm³/mol. The lowest BCUT2D eigenvalue weighted by atomic mass is 9.95. The van der Waals surface area contributed by atoms with Gasteiger partial charge in [-0.05, 0) is 71.0 Å². The molecular formula is C33H42FN7O. The molecule has 6 heterocycles. The molecule has 8 nitrogen and oxygen atoms in total. The van der Waals surface area contributed by atoms with E-state index in [-0.39, 0.29) is 11.4 Å². The largest absolute Gasteiger partial charge is 0.461 e. The zero-order chi connectivity index (χ0) is 28.7. The molecule has 3 aromatic rings. The Kier molecular flexibility index (Phi) is 7.48. The number of para-hydroxylation sites is 1. The summed E-state index contributed by atoms with van der Waals surface area (Å²) in [7, 11) is 0. The molecule has 4 aliphatic heterocycles. The molecule has 4 saturated heterocycles. The quantitative estimate of drug-likeness (QED) is 0.342. The molecule has 42 heavy (non-hydrogen) atoms. The van der Waals surface area contributed by atoms with Crippen molar-refractivity contribution in [2.24, 2.45) is 0 Å². The van der Waals surface area contributed by atoms with E-state index in [9.17, 15) is 0 Å². The maximum absolute atomic E-state index is 15.1. The van der Waals surface area contributed by atoms with Gasteiger partial charge in [0.15, 0.2) is 0 Å². The second kappa shape index (κ2) is 11.4. The Bertz CT molecular complexity index is 1470. The topological polar surface area (TPSA) is 78.4 Å². The van der Waals surface area contributed by atoms with Crippen LogP contribution in [0.2, 0.25) is 0 Å². The summed E-state index contributed by atoms with van der Waals surface area (Å²) in [5.74, 6) is 0.597. The van der Waals surface area contributed by atoms with Crippen molar-refractivity contribution in [3.8, 4) is 17.3 Å². The zero-order valence-corrected chi connectivity index (χ0v) is 24.8. The summed E-state index contributed by atoms with van der Waals surface area (Å²) in [6, 6.07) is 6.51. The maximum atomic E-state index is 15.1. The van der Waals surface area contributed by atoms with Crippen LogP contribution in [-0.2, 0) is 0 Å². The molecule has 0 radical (unpaired) electrons. The average Bonchev–Trinajstić information content (AvgIpc) is 3.69. The number of hydrogen-bond acceptors (Lipinski definition) is 8. The molecule has 0 saturated carbocycles. The van der Waals surface area contributed by atoms with Crippen molar-refractivity contribution in [1.29, 1.82) is 0 Å². The molecule has 0 aliphatic carbocycles. The Hall–Kier alpha value is -3.30. The molecule has 7 rings (SSSR count).